The van der Waals surface area contributed by atoms with Crippen molar-refractivity contribution in [3.63, 3.8) is 0 Å². The maximum absolute atomic E-state index is 11.5. The first-order valence-electron chi connectivity index (χ1n) is 6.07. The zero-order valence-corrected chi connectivity index (χ0v) is 10.6. The molecule has 3 heterocycles. The van der Waals surface area contributed by atoms with Gasteiger partial charge in [0, 0.05) is 31.9 Å². The van der Waals surface area contributed by atoms with Gasteiger partial charge in [-0.2, -0.15) is 0 Å². The quantitative estimate of drug-likeness (QED) is 0.736. The summed E-state index contributed by atoms with van der Waals surface area (Å²) in [7, 11) is 1.77. The molecule has 2 aliphatic heterocycles. The van der Waals surface area contributed by atoms with Gasteiger partial charge in [-0.05, 0) is 13.0 Å². The van der Waals surface area contributed by atoms with E-state index in [-0.39, 0.29) is 11.7 Å². The van der Waals surface area contributed by atoms with Crippen LogP contribution in [0.1, 0.15) is 12.1 Å². The molecular weight excluding hydrogens is 232 g/mol. The van der Waals surface area contributed by atoms with Crippen molar-refractivity contribution in [3.8, 4) is 0 Å². The SMILES string of the molecule is Cc1ccnc(N2CC[C@@]3(CN(C)C(=O)O3)C2)n1. The zero-order chi connectivity index (χ0) is 12.8. The molecule has 6 heteroatoms. The number of aryl methyl sites for hydroxylation is 1. The third kappa shape index (κ3) is 1.77. The van der Waals surface area contributed by atoms with Gasteiger partial charge in [-0.25, -0.2) is 14.8 Å². The molecule has 1 atom stereocenters. The molecule has 0 radical (unpaired) electrons. The number of carbonyl (C=O) groups is 1. The normalized spacial score (nSPS) is 27.1. The number of ether oxygens (including phenoxy) is 1. The Balaban J connectivity index is 1.78. The Labute approximate surface area is 106 Å². The molecule has 0 aromatic carbocycles. The standard InChI is InChI=1S/C12H16N4O2/c1-9-3-5-13-10(14-9)16-6-4-12(8-16)7-15(2)11(17)18-12/h3,5H,4,6-8H2,1-2H3/t12-/m1/s1. The molecule has 2 saturated heterocycles. The lowest BCUT2D eigenvalue weighted by molar-refractivity contribution is 0.0741. The van der Waals surface area contributed by atoms with Crippen LogP contribution >= 0.6 is 0 Å². The molecule has 0 aliphatic carbocycles. The Morgan fingerprint density at radius 1 is 1.44 bits per heavy atom. The van der Waals surface area contributed by atoms with Gasteiger partial charge in [0.25, 0.3) is 0 Å². The molecule has 0 unspecified atom stereocenters. The highest BCUT2D eigenvalue weighted by atomic mass is 16.6. The molecule has 96 valence electrons. The summed E-state index contributed by atoms with van der Waals surface area (Å²) >= 11 is 0. The summed E-state index contributed by atoms with van der Waals surface area (Å²) in [6.45, 7) is 4.09. The van der Waals surface area contributed by atoms with Crippen molar-refractivity contribution < 1.29 is 9.53 Å². The van der Waals surface area contributed by atoms with Crippen LogP contribution in [0.2, 0.25) is 0 Å². The first-order chi connectivity index (χ1) is 8.58. The van der Waals surface area contributed by atoms with Crippen LogP contribution in [0.15, 0.2) is 12.3 Å². The number of hydrogen-bond donors (Lipinski definition) is 0. The van der Waals surface area contributed by atoms with Gasteiger partial charge in [-0.3, -0.25) is 0 Å². The number of anilines is 1. The summed E-state index contributed by atoms with van der Waals surface area (Å²) < 4.78 is 5.49. The van der Waals surface area contributed by atoms with Crippen LogP contribution in [0, 0.1) is 6.92 Å². The predicted octanol–water partition coefficient (Wildman–Crippen LogP) is 0.816. The van der Waals surface area contributed by atoms with Gasteiger partial charge in [0.2, 0.25) is 5.95 Å². The van der Waals surface area contributed by atoms with Crippen molar-refractivity contribution in [2.45, 2.75) is 18.9 Å². The van der Waals surface area contributed by atoms with Crippen molar-refractivity contribution in [1.29, 1.82) is 0 Å². The molecule has 2 fully saturated rings. The predicted molar refractivity (Wildman–Crippen MR) is 65.4 cm³/mol. The molecular formula is C12H16N4O2. The van der Waals surface area contributed by atoms with E-state index in [1.165, 1.54) is 0 Å². The summed E-state index contributed by atoms with van der Waals surface area (Å²) in [6, 6.07) is 1.87. The zero-order valence-electron chi connectivity index (χ0n) is 10.6. The minimum Gasteiger partial charge on any atom is -0.439 e. The summed E-state index contributed by atoms with van der Waals surface area (Å²) in [5.41, 5.74) is 0.570. The van der Waals surface area contributed by atoms with E-state index < -0.39 is 0 Å². The van der Waals surface area contributed by atoms with Crippen molar-refractivity contribution >= 4 is 12.0 Å². The van der Waals surface area contributed by atoms with Crippen LogP contribution in [0.25, 0.3) is 0 Å². The second-order valence-corrected chi connectivity index (χ2v) is 5.08. The molecule has 0 saturated carbocycles. The molecule has 1 aromatic rings. The van der Waals surface area contributed by atoms with E-state index in [0.29, 0.717) is 13.1 Å². The highest BCUT2D eigenvalue weighted by Crippen LogP contribution is 2.33. The molecule has 6 nitrogen and oxygen atoms in total. The Kier molecular flexibility index (Phi) is 2.39. The van der Waals surface area contributed by atoms with E-state index in [0.717, 1.165) is 24.6 Å². The van der Waals surface area contributed by atoms with E-state index in [1.807, 2.05) is 13.0 Å². The van der Waals surface area contributed by atoms with Gasteiger partial charge in [0.1, 0.15) is 0 Å². The van der Waals surface area contributed by atoms with Crippen LogP contribution < -0.4 is 4.90 Å². The highest BCUT2D eigenvalue weighted by molar-refractivity contribution is 5.70. The van der Waals surface area contributed by atoms with E-state index in [2.05, 4.69) is 14.9 Å². The van der Waals surface area contributed by atoms with E-state index >= 15 is 0 Å². The van der Waals surface area contributed by atoms with Gasteiger partial charge in [-0.15, -0.1) is 0 Å². The van der Waals surface area contributed by atoms with Crippen LogP contribution in [-0.4, -0.2) is 53.2 Å². The first kappa shape index (κ1) is 11.3. The van der Waals surface area contributed by atoms with Gasteiger partial charge in [0.15, 0.2) is 5.60 Å². The van der Waals surface area contributed by atoms with Gasteiger partial charge < -0.3 is 14.5 Å². The largest absolute Gasteiger partial charge is 0.439 e. The molecule has 3 rings (SSSR count). The Morgan fingerprint density at radius 3 is 2.94 bits per heavy atom. The number of nitrogens with zero attached hydrogens (tertiary/aromatic N) is 4. The number of hydrogen-bond acceptors (Lipinski definition) is 5. The lowest BCUT2D eigenvalue weighted by Gasteiger charge is -2.21. The van der Waals surface area contributed by atoms with Crippen molar-refractivity contribution in [2.24, 2.45) is 0 Å². The van der Waals surface area contributed by atoms with Crippen molar-refractivity contribution in [3.05, 3.63) is 18.0 Å². The number of aromatic nitrogens is 2. The van der Waals surface area contributed by atoms with Crippen LogP contribution in [0.3, 0.4) is 0 Å². The summed E-state index contributed by atoms with van der Waals surface area (Å²) in [4.78, 5) is 23.9. The number of likely N-dealkylation sites (N-methyl/N-ethyl adjacent to an activating group) is 1. The highest BCUT2D eigenvalue weighted by Gasteiger charge is 2.49. The molecule has 0 bridgehead atoms. The van der Waals surface area contributed by atoms with E-state index in [9.17, 15) is 4.79 Å². The second-order valence-electron chi connectivity index (χ2n) is 5.08. The third-order valence-electron chi connectivity index (χ3n) is 3.52. The third-order valence-corrected chi connectivity index (χ3v) is 3.52. The Bertz CT molecular complexity index is 493. The van der Waals surface area contributed by atoms with Crippen LogP contribution in [-0.2, 0) is 4.74 Å². The average molecular weight is 248 g/mol. The molecule has 1 spiro atoms. The number of amides is 1. The average Bonchev–Trinajstić information content (AvgIpc) is 2.84. The second kappa shape index (κ2) is 3.83. The lowest BCUT2D eigenvalue weighted by Crippen LogP contribution is -2.37. The minimum atomic E-state index is -0.376. The Hall–Kier alpha value is -1.85. The molecule has 18 heavy (non-hydrogen) atoms. The van der Waals surface area contributed by atoms with Crippen LogP contribution in [0.4, 0.5) is 10.7 Å². The molecule has 2 aliphatic rings. The first-order valence-corrected chi connectivity index (χ1v) is 6.07. The fourth-order valence-electron chi connectivity index (χ4n) is 2.61. The molecule has 1 amide bonds. The topological polar surface area (TPSA) is 58.6 Å². The minimum absolute atomic E-state index is 0.234. The Morgan fingerprint density at radius 2 is 2.28 bits per heavy atom. The smallest absolute Gasteiger partial charge is 0.410 e. The lowest BCUT2D eigenvalue weighted by atomic mass is 10.0. The maximum Gasteiger partial charge on any atom is 0.410 e. The summed E-state index contributed by atoms with van der Waals surface area (Å²) in [5.74, 6) is 0.720. The molecule has 0 N–H and O–H groups in total. The maximum atomic E-state index is 11.5. The number of carbonyl (C=O) groups excluding carboxylic acids is 1. The summed E-state index contributed by atoms with van der Waals surface area (Å²) in [5, 5.41) is 0. The van der Waals surface area contributed by atoms with Gasteiger partial charge >= 0.3 is 6.09 Å². The van der Waals surface area contributed by atoms with Crippen molar-refractivity contribution in [1.82, 2.24) is 14.9 Å². The van der Waals surface area contributed by atoms with E-state index in [4.69, 9.17) is 4.74 Å². The monoisotopic (exact) mass is 248 g/mol. The van der Waals surface area contributed by atoms with Crippen molar-refractivity contribution in [2.75, 3.05) is 31.6 Å². The van der Waals surface area contributed by atoms with Gasteiger partial charge in [0.05, 0.1) is 13.1 Å². The fourth-order valence-corrected chi connectivity index (χ4v) is 2.61. The fraction of sp³-hybridized carbons (Fsp3) is 0.583. The van der Waals surface area contributed by atoms with Crippen LogP contribution in [0.5, 0.6) is 0 Å². The number of rotatable bonds is 1. The van der Waals surface area contributed by atoms with Gasteiger partial charge in [-0.1, -0.05) is 0 Å². The summed E-state index contributed by atoms with van der Waals surface area (Å²) in [6.07, 6.45) is 2.36. The molecule has 1 aromatic heterocycles. The van der Waals surface area contributed by atoms with E-state index in [1.54, 1.807) is 18.1 Å².